The lowest BCUT2D eigenvalue weighted by atomic mass is 10.1. The molecule has 2 aromatic rings. The Morgan fingerprint density at radius 2 is 1.72 bits per heavy atom. The van der Waals surface area contributed by atoms with Crippen molar-refractivity contribution in [3.63, 3.8) is 0 Å². The third-order valence-corrected chi connectivity index (χ3v) is 2.82. The van der Waals surface area contributed by atoms with Crippen LogP contribution in [0.25, 0.3) is 0 Å². The molecule has 0 atom stereocenters. The molecule has 96 valence electrons. The maximum Gasteiger partial charge on any atom is 0.0543 e. The van der Waals surface area contributed by atoms with Gasteiger partial charge in [0.05, 0.1) is 11.7 Å². The second-order valence-electron chi connectivity index (χ2n) is 5.55. The molecule has 0 radical (unpaired) electrons. The number of aromatic nitrogens is 2. The number of hydrogen-bond acceptors (Lipinski definition) is 2. The van der Waals surface area contributed by atoms with Gasteiger partial charge in [0.2, 0.25) is 0 Å². The van der Waals surface area contributed by atoms with E-state index in [4.69, 9.17) is 0 Å². The highest BCUT2D eigenvalue weighted by molar-refractivity contribution is 5.14. The van der Waals surface area contributed by atoms with Crippen molar-refractivity contribution >= 4 is 0 Å². The Kier molecular flexibility index (Phi) is 3.82. The van der Waals surface area contributed by atoms with Crippen LogP contribution in [0.4, 0.5) is 0 Å². The van der Waals surface area contributed by atoms with E-state index >= 15 is 0 Å². The van der Waals surface area contributed by atoms with Gasteiger partial charge in [0.15, 0.2) is 0 Å². The fraction of sp³-hybridized carbons (Fsp3) is 0.400. The average Bonchev–Trinajstić information content (AvgIpc) is 2.79. The van der Waals surface area contributed by atoms with Crippen LogP contribution in [0.2, 0.25) is 0 Å². The number of nitrogens with zero attached hydrogens (tertiary/aromatic N) is 2. The molecular formula is C15H21N3. The second-order valence-corrected chi connectivity index (χ2v) is 5.55. The van der Waals surface area contributed by atoms with Gasteiger partial charge in [-0.25, -0.2) is 0 Å². The summed E-state index contributed by atoms with van der Waals surface area (Å²) in [5, 5.41) is 7.82. The summed E-state index contributed by atoms with van der Waals surface area (Å²) in [4.78, 5) is 0. The van der Waals surface area contributed by atoms with Gasteiger partial charge in [-0.05, 0) is 26.3 Å². The summed E-state index contributed by atoms with van der Waals surface area (Å²) in [5.74, 6) is 0. The van der Waals surface area contributed by atoms with Crippen LogP contribution in [-0.4, -0.2) is 9.78 Å². The number of hydrogen-bond donors (Lipinski definition) is 1. The monoisotopic (exact) mass is 243 g/mol. The predicted octanol–water partition coefficient (Wildman–Crippen LogP) is 2.93. The van der Waals surface area contributed by atoms with Crippen molar-refractivity contribution in [3.05, 3.63) is 53.9 Å². The first kappa shape index (κ1) is 12.8. The van der Waals surface area contributed by atoms with E-state index < -0.39 is 0 Å². The molecule has 3 nitrogen and oxygen atoms in total. The molecule has 0 saturated heterocycles. The molecule has 0 spiro atoms. The Morgan fingerprint density at radius 1 is 1.06 bits per heavy atom. The SMILES string of the molecule is CC(C)(C)n1cc(CNCc2ccccc2)cn1. The van der Waals surface area contributed by atoms with E-state index in [0.29, 0.717) is 0 Å². The summed E-state index contributed by atoms with van der Waals surface area (Å²) < 4.78 is 2.01. The van der Waals surface area contributed by atoms with Gasteiger partial charge in [-0.2, -0.15) is 5.10 Å². The zero-order valence-corrected chi connectivity index (χ0v) is 11.4. The van der Waals surface area contributed by atoms with Crippen molar-refractivity contribution in [2.24, 2.45) is 0 Å². The number of nitrogens with one attached hydrogen (secondary N) is 1. The summed E-state index contributed by atoms with van der Waals surface area (Å²) in [6, 6.07) is 10.4. The van der Waals surface area contributed by atoms with Crippen LogP contribution in [0.1, 0.15) is 31.9 Å². The normalized spacial score (nSPS) is 11.7. The molecule has 1 aromatic carbocycles. The minimum Gasteiger partial charge on any atom is -0.309 e. The Morgan fingerprint density at radius 3 is 2.33 bits per heavy atom. The second kappa shape index (κ2) is 5.36. The molecular weight excluding hydrogens is 222 g/mol. The maximum atomic E-state index is 4.39. The van der Waals surface area contributed by atoms with Gasteiger partial charge in [-0.15, -0.1) is 0 Å². The van der Waals surface area contributed by atoms with Crippen LogP contribution < -0.4 is 5.32 Å². The molecule has 0 fully saturated rings. The molecule has 0 amide bonds. The highest BCUT2D eigenvalue weighted by atomic mass is 15.3. The van der Waals surface area contributed by atoms with E-state index in [1.165, 1.54) is 11.1 Å². The Balaban J connectivity index is 1.86. The van der Waals surface area contributed by atoms with Crippen molar-refractivity contribution in [1.29, 1.82) is 0 Å². The molecule has 0 aliphatic carbocycles. The molecule has 18 heavy (non-hydrogen) atoms. The molecule has 1 aromatic heterocycles. The average molecular weight is 243 g/mol. The van der Waals surface area contributed by atoms with E-state index in [2.05, 4.69) is 61.6 Å². The number of benzene rings is 1. The Hall–Kier alpha value is -1.61. The molecule has 1 N–H and O–H groups in total. The minimum atomic E-state index is 0.0533. The third kappa shape index (κ3) is 3.44. The summed E-state index contributed by atoms with van der Waals surface area (Å²) in [7, 11) is 0. The van der Waals surface area contributed by atoms with Crippen LogP contribution in [0, 0.1) is 0 Å². The van der Waals surface area contributed by atoms with Crippen molar-refractivity contribution in [1.82, 2.24) is 15.1 Å². The van der Waals surface area contributed by atoms with Crippen LogP contribution in [0.15, 0.2) is 42.7 Å². The molecule has 0 aliphatic rings. The van der Waals surface area contributed by atoms with Crippen molar-refractivity contribution < 1.29 is 0 Å². The molecule has 2 rings (SSSR count). The summed E-state index contributed by atoms with van der Waals surface area (Å²) in [5.41, 5.74) is 2.58. The van der Waals surface area contributed by atoms with Gasteiger partial charge < -0.3 is 5.32 Å². The molecule has 0 unspecified atom stereocenters. The standard InChI is InChI=1S/C15H21N3/c1-15(2,3)18-12-14(11-17-18)10-16-9-13-7-5-4-6-8-13/h4-8,11-12,16H,9-10H2,1-3H3. The van der Waals surface area contributed by atoms with E-state index in [0.717, 1.165) is 13.1 Å². The zero-order valence-electron chi connectivity index (χ0n) is 11.4. The third-order valence-electron chi connectivity index (χ3n) is 2.82. The fourth-order valence-corrected chi connectivity index (χ4v) is 1.77. The van der Waals surface area contributed by atoms with E-state index in [9.17, 15) is 0 Å². The highest BCUT2D eigenvalue weighted by Crippen LogP contribution is 2.13. The lowest BCUT2D eigenvalue weighted by Gasteiger charge is -2.18. The first-order chi connectivity index (χ1) is 8.55. The smallest absolute Gasteiger partial charge is 0.0543 e. The van der Waals surface area contributed by atoms with Gasteiger partial charge in [-0.3, -0.25) is 4.68 Å². The lowest BCUT2D eigenvalue weighted by molar-refractivity contribution is 0.355. The predicted molar refractivity (Wildman–Crippen MR) is 74.2 cm³/mol. The molecule has 1 heterocycles. The van der Waals surface area contributed by atoms with Gasteiger partial charge in [-0.1, -0.05) is 30.3 Å². The molecule has 0 bridgehead atoms. The van der Waals surface area contributed by atoms with Gasteiger partial charge >= 0.3 is 0 Å². The molecule has 0 aliphatic heterocycles. The van der Waals surface area contributed by atoms with Gasteiger partial charge in [0, 0.05) is 24.8 Å². The van der Waals surface area contributed by atoms with Gasteiger partial charge in [0.1, 0.15) is 0 Å². The van der Waals surface area contributed by atoms with Crippen LogP contribution in [0.5, 0.6) is 0 Å². The van der Waals surface area contributed by atoms with E-state index in [-0.39, 0.29) is 5.54 Å². The van der Waals surface area contributed by atoms with Crippen LogP contribution >= 0.6 is 0 Å². The molecule has 0 saturated carbocycles. The Labute approximate surface area is 109 Å². The molecule has 3 heteroatoms. The number of rotatable bonds is 4. The van der Waals surface area contributed by atoms with Gasteiger partial charge in [0.25, 0.3) is 0 Å². The highest BCUT2D eigenvalue weighted by Gasteiger charge is 2.13. The van der Waals surface area contributed by atoms with Crippen molar-refractivity contribution in [3.8, 4) is 0 Å². The lowest BCUT2D eigenvalue weighted by Crippen LogP contribution is -2.22. The fourth-order valence-electron chi connectivity index (χ4n) is 1.77. The first-order valence-electron chi connectivity index (χ1n) is 6.34. The quantitative estimate of drug-likeness (QED) is 0.894. The van der Waals surface area contributed by atoms with E-state index in [1.807, 2.05) is 16.9 Å². The maximum absolute atomic E-state index is 4.39. The van der Waals surface area contributed by atoms with Crippen LogP contribution in [0.3, 0.4) is 0 Å². The summed E-state index contributed by atoms with van der Waals surface area (Å²) in [6.45, 7) is 8.20. The largest absolute Gasteiger partial charge is 0.309 e. The summed E-state index contributed by atoms with van der Waals surface area (Å²) in [6.07, 6.45) is 4.04. The van der Waals surface area contributed by atoms with Crippen molar-refractivity contribution in [2.45, 2.75) is 39.4 Å². The van der Waals surface area contributed by atoms with Crippen LogP contribution in [-0.2, 0) is 18.6 Å². The Bertz CT molecular complexity index is 480. The minimum absolute atomic E-state index is 0.0533. The summed E-state index contributed by atoms with van der Waals surface area (Å²) >= 11 is 0. The topological polar surface area (TPSA) is 29.9 Å². The zero-order chi connectivity index (χ0) is 13.0. The van der Waals surface area contributed by atoms with Crippen molar-refractivity contribution in [2.75, 3.05) is 0 Å². The van der Waals surface area contributed by atoms with E-state index in [1.54, 1.807) is 0 Å². The first-order valence-corrected chi connectivity index (χ1v) is 6.34.